The van der Waals surface area contributed by atoms with Gasteiger partial charge in [0.25, 0.3) is 0 Å². The van der Waals surface area contributed by atoms with Crippen molar-refractivity contribution < 1.29 is 4.79 Å². The summed E-state index contributed by atoms with van der Waals surface area (Å²) in [7, 11) is 0. The highest BCUT2D eigenvalue weighted by Gasteiger charge is 2.24. The Morgan fingerprint density at radius 2 is 1.79 bits per heavy atom. The van der Waals surface area contributed by atoms with Crippen molar-refractivity contribution in [2.45, 2.75) is 59.0 Å². The molecule has 4 nitrogen and oxygen atoms in total. The number of rotatable bonds is 8. The van der Waals surface area contributed by atoms with Crippen LogP contribution in [0.1, 0.15) is 47.0 Å². The maximum Gasteiger partial charge on any atom is 0.221 e. The highest BCUT2D eigenvalue weighted by molar-refractivity contribution is 5.76. The second-order valence-corrected chi connectivity index (χ2v) is 6.22. The number of amides is 1. The molecular weight excluding hydrogens is 238 g/mol. The van der Waals surface area contributed by atoms with Gasteiger partial charge in [0.1, 0.15) is 0 Å². The summed E-state index contributed by atoms with van der Waals surface area (Å²) in [5.41, 5.74) is 0. The third kappa shape index (κ3) is 6.39. The smallest absolute Gasteiger partial charge is 0.221 e. The lowest BCUT2D eigenvalue weighted by Gasteiger charge is -2.31. The lowest BCUT2D eigenvalue weighted by molar-refractivity contribution is -0.121. The number of carbonyl (C=O) groups is 1. The first-order valence-corrected chi connectivity index (χ1v) is 7.75. The van der Waals surface area contributed by atoms with Crippen LogP contribution in [0.15, 0.2) is 0 Å². The van der Waals surface area contributed by atoms with Crippen LogP contribution in [0.3, 0.4) is 0 Å². The van der Waals surface area contributed by atoms with E-state index in [9.17, 15) is 4.79 Å². The third-order valence-corrected chi connectivity index (χ3v) is 3.79. The molecule has 0 aromatic carbocycles. The van der Waals surface area contributed by atoms with Crippen LogP contribution in [0.2, 0.25) is 0 Å². The van der Waals surface area contributed by atoms with Gasteiger partial charge in [-0.25, -0.2) is 0 Å². The first-order valence-electron chi connectivity index (χ1n) is 7.75. The molecule has 1 aliphatic heterocycles. The molecule has 0 aliphatic carbocycles. The Morgan fingerprint density at radius 1 is 1.16 bits per heavy atom. The Balaban J connectivity index is 2.25. The van der Waals surface area contributed by atoms with Gasteiger partial charge in [-0.15, -0.1) is 0 Å². The summed E-state index contributed by atoms with van der Waals surface area (Å²) in [6.07, 6.45) is 3.17. The summed E-state index contributed by atoms with van der Waals surface area (Å²) in [5.74, 6) is 0.755. The van der Waals surface area contributed by atoms with E-state index in [1.807, 2.05) is 0 Å². The van der Waals surface area contributed by atoms with E-state index in [2.05, 4.69) is 43.2 Å². The number of likely N-dealkylation sites (tertiary alicyclic amines) is 1. The highest BCUT2D eigenvalue weighted by Crippen LogP contribution is 2.17. The van der Waals surface area contributed by atoms with Crippen LogP contribution in [0.4, 0.5) is 0 Å². The van der Waals surface area contributed by atoms with Crippen LogP contribution >= 0.6 is 0 Å². The molecule has 1 saturated heterocycles. The fraction of sp³-hybridized carbons (Fsp3) is 0.933. The maximum absolute atomic E-state index is 11.8. The molecule has 0 bridgehead atoms. The predicted octanol–water partition coefficient (Wildman–Crippen LogP) is 1.61. The maximum atomic E-state index is 11.8. The molecule has 0 radical (unpaired) electrons. The van der Waals surface area contributed by atoms with E-state index in [1.54, 1.807) is 0 Å². The molecule has 1 fully saturated rings. The van der Waals surface area contributed by atoms with Gasteiger partial charge in [0, 0.05) is 31.6 Å². The zero-order valence-corrected chi connectivity index (χ0v) is 13.0. The summed E-state index contributed by atoms with van der Waals surface area (Å²) in [6, 6.07) is 0.935. The Bertz CT molecular complexity index is 260. The van der Waals surface area contributed by atoms with Crippen LogP contribution in [-0.2, 0) is 4.79 Å². The van der Waals surface area contributed by atoms with Crippen molar-refractivity contribution in [3.63, 3.8) is 0 Å². The Hall–Kier alpha value is -0.610. The zero-order valence-electron chi connectivity index (χ0n) is 13.0. The summed E-state index contributed by atoms with van der Waals surface area (Å²) in [4.78, 5) is 14.3. The molecule has 1 atom stereocenters. The number of nitrogens with one attached hydrogen (secondary N) is 2. The number of carbonyl (C=O) groups excluding carboxylic acids is 1. The van der Waals surface area contributed by atoms with E-state index in [0.29, 0.717) is 24.4 Å². The molecule has 0 saturated carbocycles. The predicted molar refractivity (Wildman–Crippen MR) is 80.2 cm³/mol. The van der Waals surface area contributed by atoms with Crippen molar-refractivity contribution in [1.82, 2.24) is 15.5 Å². The van der Waals surface area contributed by atoms with Crippen molar-refractivity contribution >= 4 is 5.91 Å². The van der Waals surface area contributed by atoms with Gasteiger partial charge in [-0.1, -0.05) is 27.7 Å². The van der Waals surface area contributed by atoms with Crippen molar-refractivity contribution in [2.24, 2.45) is 5.92 Å². The van der Waals surface area contributed by atoms with Crippen molar-refractivity contribution in [1.29, 1.82) is 0 Å². The van der Waals surface area contributed by atoms with Crippen LogP contribution < -0.4 is 10.6 Å². The Morgan fingerprint density at radius 3 is 2.32 bits per heavy atom. The van der Waals surface area contributed by atoms with Gasteiger partial charge >= 0.3 is 0 Å². The van der Waals surface area contributed by atoms with Crippen molar-refractivity contribution in [3.05, 3.63) is 0 Å². The molecule has 1 aliphatic rings. The molecule has 19 heavy (non-hydrogen) atoms. The van der Waals surface area contributed by atoms with E-state index < -0.39 is 0 Å². The monoisotopic (exact) mass is 269 g/mol. The molecule has 2 N–H and O–H groups in total. The SMILES string of the molecule is CC(C)NCCC(=O)NCC(C(C)C)N1CCCC1. The third-order valence-electron chi connectivity index (χ3n) is 3.79. The van der Waals surface area contributed by atoms with E-state index in [4.69, 9.17) is 0 Å². The molecule has 1 heterocycles. The summed E-state index contributed by atoms with van der Waals surface area (Å²) < 4.78 is 0. The zero-order chi connectivity index (χ0) is 14.3. The molecule has 0 aromatic rings. The fourth-order valence-electron chi connectivity index (χ4n) is 2.64. The van der Waals surface area contributed by atoms with Gasteiger partial charge in [-0.3, -0.25) is 9.69 Å². The van der Waals surface area contributed by atoms with E-state index in [1.165, 1.54) is 25.9 Å². The van der Waals surface area contributed by atoms with Gasteiger partial charge in [0.2, 0.25) is 5.91 Å². The van der Waals surface area contributed by atoms with E-state index >= 15 is 0 Å². The minimum atomic E-state index is 0.165. The quantitative estimate of drug-likeness (QED) is 0.704. The van der Waals surface area contributed by atoms with Crippen molar-refractivity contribution in [3.8, 4) is 0 Å². The molecule has 4 heteroatoms. The highest BCUT2D eigenvalue weighted by atomic mass is 16.1. The average Bonchev–Trinajstić information content (AvgIpc) is 2.82. The van der Waals surface area contributed by atoms with Gasteiger partial charge < -0.3 is 10.6 Å². The van der Waals surface area contributed by atoms with Crippen LogP contribution in [0, 0.1) is 5.92 Å². The lowest BCUT2D eigenvalue weighted by atomic mass is 10.0. The van der Waals surface area contributed by atoms with Gasteiger partial charge in [-0.2, -0.15) is 0 Å². The summed E-state index contributed by atoms with van der Waals surface area (Å²) in [6.45, 7) is 12.6. The van der Waals surface area contributed by atoms with Crippen LogP contribution in [0.5, 0.6) is 0 Å². The lowest BCUT2D eigenvalue weighted by Crippen LogP contribution is -2.46. The first kappa shape index (κ1) is 16.4. The molecule has 0 aromatic heterocycles. The average molecular weight is 269 g/mol. The largest absolute Gasteiger partial charge is 0.354 e. The molecular formula is C15H31N3O. The number of hydrogen-bond acceptors (Lipinski definition) is 3. The topological polar surface area (TPSA) is 44.4 Å². The van der Waals surface area contributed by atoms with Gasteiger partial charge in [-0.05, 0) is 31.8 Å². The number of nitrogens with zero attached hydrogens (tertiary/aromatic N) is 1. The summed E-state index contributed by atoms with van der Waals surface area (Å²) >= 11 is 0. The second-order valence-electron chi connectivity index (χ2n) is 6.22. The minimum absolute atomic E-state index is 0.165. The summed E-state index contributed by atoms with van der Waals surface area (Å²) in [5, 5.41) is 6.36. The van der Waals surface area contributed by atoms with Crippen LogP contribution in [-0.4, -0.2) is 49.1 Å². The van der Waals surface area contributed by atoms with E-state index in [0.717, 1.165) is 13.1 Å². The second kappa shape index (κ2) is 8.54. The normalized spacial score (nSPS) is 18.2. The molecule has 1 rings (SSSR count). The molecule has 112 valence electrons. The first-order chi connectivity index (χ1) is 9.00. The van der Waals surface area contributed by atoms with Crippen molar-refractivity contribution in [2.75, 3.05) is 26.2 Å². The van der Waals surface area contributed by atoms with Gasteiger partial charge in [0.15, 0.2) is 0 Å². The fourth-order valence-corrected chi connectivity index (χ4v) is 2.64. The van der Waals surface area contributed by atoms with Crippen LogP contribution in [0.25, 0.3) is 0 Å². The minimum Gasteiger partial charge on any atom is -0.354 e. The standard InChI is InChI=1S/C15H31N3O/c1-12(2)14(18-9-5-6-10-18)11-17-15(19)7-8-16-13(3)4/h12-14,16H,5-11H2,1-4H3,(H,17,19). The Labute approximate surface area is 118 Å². The van der Waals surface area contributed by atoms with E-state index in [-0.39, 0.29) is 5.91 Å². The number of hydrogen-bond donors (Lipinski definition) is 2. The molecule has 1 amide bonds. The molecule has 1 unspecified atom stereocenters. The molecule has 0 spiro atoms. The Kier molecular flexibility index (Phi) is 7.39. The van der Waals surface area contributed by atoms with Gasteiger partial charge in [0.05, 0.1) is 0 Å².